The van der Waals surface area contributed by atoms with Crippen molar-refractivity contribution in [2.75, 3.05) is 39.1 Å². The number of ether oxygens (including phenoxy) is 1. The molecule has 2 rings (SSSR count). The first kappa shape index (κ1) is 14.7. The standard InChI is InChI=1S/C14H22N4O2/c1-14(4-6-18(2)7-5-14)10-16-12-9-15-8-11(17-12)13(19)20-3/h8-9H,4-7,10H2,1-3H3,(H,16,17). The van der Waals surface area contributed by atoms with Gasteiger partial charge in [-0.1, -0.05) is 6.92 Å². The lowest BCUT2D eigenvalue weighted by Gasteiger charge is -2.38. The Morgan fingerprint density at radius 2 is 2.15 bits per heavy atom. The number of methoxy groups -OCH3 is 1. The molecule has 1 aromatic rings. The summed E-state index contributed by atoms with van der Waals surface area (Å²) in [7, 11) is 3.49. The Morgan fingerprint density at radius 1 is 1.45 bits per heavy atom. The molecule has 110 valence electrons. The van der Waals surface area contributed by atoms with Crippen molar-refractivity contribution in [1.29, 1.82) is 0 Å². The van der Waals surface area contributed by atoms with Crippen LogP contribution in [0.1, 0.15) is 30.3 Å². The van der Waals surface area contributed by atoms with E-state index in [1.165, 1.54) is 13.3 Å². The summed E-state index contributed by atoms with van der Waals surface area (Å²) >= 11 is 0. The molecule has 0 amide bonds. The summed E-state index contributed by atoms with van der Waals surface area (Å²) in [5.74, 6) is 0.153. The van der Waals surface area contributed by atoms with Crippen LogP contribution < -0.4 is 5.32 Å². The predicted molar refractivity (Wildman–Crippen MR) is 76.7 cm³/mol. The maximum atomic E-state index is 11.4. The van der Waals surface area contributed by atoms with E-state index in [9.17, 15) is 4.79 Å². The summed E-state index contributed by atoms with van der Waals surface area (Å²) in [5, 5.41) is 3.29. The zero-order chi connectivity index (χ0) is 14.6. The third-order valence-electron chi connectivity index (χ3n) is 3.92. The van der Waals surface area contributed by atoms with Crippen LogP contribution in [0.3, 0.4) is 0 Å². The van der Waals surface area contributed by atoms with Crippen LogP contribution in [0.5, 0.6) is 0 Å². The number of anilines is 1. The summed E-state index contributed by atoms with van der Waals surface area (Å²) in [6, 6.07) is 0. The fraction of sp³-hybridized carbons (Fsp3) is 0.643. The molecule has 1 fully saturated rings. The van der Waals surface area contributed by atoms with E-state index in [0.717, 1.165) is 32.5 Å². The van der Waals surface area contributed by atoms with Gasteiger partial charge in [0.1, 0.15) is 5.82 Å². The summed E-state index contributed by atoms with van der Waals surface area (Å²) < 4.78 is 4.64. The van der Waals surface area contributed by atoms with Gasteiger partial charge in [0.05, 0.1) is 19.5 Å². The molecule has 6 nitrogen and oxygen atoms in total. The molecule has 2 heterocycles. The van der Waals surface area contributed by atoms with E-state index in [1.54, 1.807) is 6.20 Å². The lowest BCUT2D eigenvalue weighted by molar-refractivity contribution is 0.0593. The smallest absolute Gasteiger partial charge is 0.358 e. The maximum Gasteiger partial charge on any atom is 0.358 e. The zero-order valence-electron chi connectivity index (χ0n) is 12.3. The van der Waals surface area contributed by atoms with Crippen LogP contribution in [0, 0.1) is 5.41 Å². The number of aromatic nitrogens is 2. The van der Waals surface area contributed by atoms with Gasteiger partial charge >= 0.3 is 5.97 Å². The molecule has 1 aromatic heterocycles. The van der Waals surface area contributed by atoms with Crippen LogP contribution in [0.2, 0.25) is 0 Å². The molecule has 0 saturated carbocycles. The molecule has 0 unspecified atom stereocenters. The van der Waals surface area contributed by atoms with Crippen LogP contribution in [-0.4, -0.2) is 54.6 Å². The van der Waals surface area contributed by atoms with Crippen molar-refractivity contribution in [2.24, 2.45) is 5.41 Å². The van der Waals surface area contributed by atoms with Crippen molar-refractivity contribution < 1.29 is 9.53 Å². The average Bonchev–Trinajstić information content (AvgIpc) is 2.48. The van der Waals surface area contributed by atoms with Gasteiger partial charge < -0.3 is 15.0 Å². The minimum Gasteiger partial charge on any atom is -0.464 e. The van der Waals surface area contributed by atoms with Crippen molar-refractivity contribution in [3.63, 3.8) is 0 Å². The van der Waals surface area contributed by atoms with Gasteiger partial charge in [-0.15, -0.1) is 0 Å². The molecule has 1 aliphatic heterocycles. The Kier molecular flexibility index (Phi) is 4.54. The van der Waals surface area contributed by atoms with E-state index in [1.807, 2.05) is 0 Å². The molecule has 0 aromatic carbocycles. The van der Waals surface area contributed by atoms with Crippen molar-refractivity contribution in [1.82, 2.24) is 14.9 Å². The normalized spacial score (nSPS) is 18.6. The molecule has 0 aliphatic carbocycles. The van der Waals surface area contributed by atoms with Crippen molar-refractivity contribution in [3.8, 4) is 0 Å². The first-order valence-corrected chi connectivity index (χ1v) is 6.85. The Hall–Kier alpha value is -1.69. The molecule has 0 spiro atoms. The van der Waals surface area contributed by atoms with Crippen LogP contribution in [0.25, 0.3) is 0 Å². The van der Waals surface area contributed by atoms with Crippen LogP contribution in [0.15, 0.2) is 12.4 Å². The molecule has 0 atom stereocenters. The summed E-state index contributed by atoms with van der Waals surface area (Å²) in [4.78, 5) is 22.0. The molecule has 6 heteroatoms. The van der Waals surface area contributed by atoms with E-state index in [-0.39, 0.29) is 11.1 Å². The number of rotatable bonds is 4. The van der Waals surface area contributed by atoms with E-state index in [2.05, 4.69) is 38.9 Å². The van der Waals surface area contributed by atoms with Gasteiger partial charge in [0.25, 0.3) is 0 Å². The summed E-state index contributed by atoms with van der Waals surface area (Å²) in [5.41, 5.74) is 0.487. The van der Waals surface area contributed by atoms with E-state index >= 15 is 0 Å². The van der Waals surface area contributed by atoms with Gasteiger partial charge in [-0.3, -0.25) is 4.98 Å². The number of nitrogens with zero attached hydrogens (tertiary/aromatic N) is 3. The van der Waals surface area contributed by atoms with Gasteiger partial charge in [-0.2, -0.15) is 0 Å². The number of hydrogen-bond acceptors (Lipinski definition) is 6. The third kappa shape index (κ3) is 3.66. The molecule has 20 heavy (non-hydrogen) atoms. The van der Waals surface area contributed by atoms with Crippen molar-refractivity contribution in [2.45, 2.75) is 19.8 Å². The van der Waals surface area contributed by atoms with E-state index in [4.69, 9.17) is 0 Å². The minimum atomic E-state index is -0.466. The topological polar surface area (TPSA) is 67.3 Å². The lowest BCUT2D eigenvalue weighted by atomic mass is 9.80. The van der Waals surface area contributed by atoms with Crippen LogP contribution in [0.4, 0.5) is 5.82 Å². The number of carbonyl (C=O) groups excluding carboxylic acids is 1. The molecular weight excluding hydrogens is 256 g/mol. The number of carbonyl (C=O) groups is 1. The van der Waals surface area contributed by atoms with E-state index in [0.29, 0.717) is 5.82 Å². The lowest BCUT2D eigenvalue weighted by Crippen LogP contribution is -2.40. The zero-order valence-corrected chi connectivity index (χ0v) is 12.3. The molecular formula is C14H22N4O2. The monoisotopic (exact) mass is 278 g/mol. The highest BCUT2D eigenvalue weighted by atomic mass is 16.5. The van der Waals surface area contributed by atoms with Gasteiger partial charge in [0, 0.05) is 6.54 Å². The molecule has 1 saturated heterocycles. The Bertz CT molecular complexity index is 470. The molecule has 1 aliphatic rings. The predicted octanol–water partition coefficient (Wildman–Crippen LogP) is 1.41. The number of likely N-dealkylation sites (tertiary alicyclic amines) is 1. The second kappa shape index (κ2) is 6.17. The van der Waals surface area contributed by atoms with Crippen LogP contribution >= 0.6 is 0 Å². The molecule has 1 N–H and O–H groups in total. The first-order valence-electron chi connectivity index (χ1n) is 6.85. The second-order valence-corrected chi connectivity index (χ2v) is 5.75. The van der Waals surface area contributed by atoms with E-state index < -0.39 is 5.97 Å². The Balaban J connectivity index is 1.95. The number of esters is 1. The average molecular weight is 278 g/mol. The van der Waals surface area contributed by atoms with Gasteiger partial charge in [-0.05, 0) is 38.4 Å². The fourth-order valence-corrected chi connectivity index (χ4v) is 2.29. The minimum absolute atomic E-state index is 0.228. The SMILES string of the molecule is COC(=O)c1cncc(NCC2(C)CCN(C)CC2)n1. The second-order valence-electron chi connectivity index (χ2n) is 5.75. The van der Waals surface area contributed by atoms with Gasteiger partial charge in [-0.25, -0.2) is 9.78 Å². The van der Waals surface area contributed by atoms with Crippen molar-refractivity contribution in [3.05, 3.63) is 18.1 Å². The number of piperidine rings is 1. The van der Waals surface area contributed by atoms with Crippen molar-refractivity contribution >= 4 is 11.8 Å². The number of hydrogen-bond donors (Lipinski definition) is 1. The molecule has 0 radical (unpaired) electrons. The maximum absolute atomic E-state index is 11.4. The first-order chi connectivity index (χ1) is 9.52. The highest BCUT2D eigenvalue weighted by Gasteiger charge is 2.28. The molecule has 0 bridgehead atoms. The highest BCUT2D eigenvalue weighted by Crippen LogP contribution is 2.30. The number of nitrogens with one attached hydrogen (secondary N) is 1. The largest absolute Gasteiger partial charge is 0.464 e. The quantitative estimate of drug-likeness (QED) is 0.840. The van der Waals surface area contributed by atoms with Gasteiger partial charge in [0.15, 0.2) is 5.69 Å². The van der Waals surface area contributed by atoms with Gasteiger partial charge in [0.2, 0.25) is 0 Å². The Labute approximate surface area is 119 Å². The third-order valence-corrected chi connectivity index (χ3v) is 3.92. The highest BCUT2D eigenvalue weighted by molar-refractivity contribution is 5.87. The summed E-state index contributed by atoms with van der Waals surface area (Å²) in [6.45, 7) is 5.35. The Morgan fingerprint density at radius 3 is 2.80 bits per heavy atom. The van der Waals surface area contributed by atoms with Crippen LogP contribution in [-0.2, 0) is 4.74 Å². The summed E-state index contributed by atoms with van der Waals surface area (Å²) in [6.07, 6.45) is 5.35. The fourth-order valence-electron chi connectivity index (χ4n) is 2.29.